The minimum absolute atomic E-state index is 0.0200. The fraction of sp³-hybridized carbons (Fsp3) is 0.300. The summed E-state index contributed by atoms with van der Waals surface area (Å²) in [5.74, 6) is 0.556. The van der Waals surface area contributed by atoms with Crippen LogP contribution < -0.4 is 0 Å². The van der Waals surface area contributed by atoms with Crippen LogP contribution in [0.2, 0.25) is 0 Å². The van der Waals surface area contributed by atoms with Gasteiger partial charge in [-0.15, -0.1) is 0 Å². The monoisotopic (exact) mass is 523 g/mol. The Bertz CT molecular complexity index is 1430. The number of hydrogen-bond acceptors (Lipinski definition) is 4. The Morgan fingerprint density at radius 1 is 1.03 bits per heavy atom. The van der Waals surface area contributed by atoms with E-state index in [4.69, 9.17) is 4.99 Å². The number of ketones is 1. The van der Waals surface area contributed by atoms with E-state index in [0.29, 0.717) is 10.4 Å². The zero-order valence-electron chi connectivity index (χ0n) is 19.4. The quantitative estimate of drug-likeness (QED) is 0.396. The number of rotatable bonds is 2. The number of allylic oxidation sites excluding steroid dienone is 5. The van der Waals surface area contributed by atoms with Crippen LogP contribution in [0.15, 0.2) is 87.6 Å². The molecule has 0 radical (unpaired) electrons. The van der Waals surface area contributed by atoms with Crippen molar-refractivity contribution in [3.8, 4) is 4.97 Å². The molecule has 172 valence electrons. The molecule has 4 nitrogen and oxygen atoms in total. The van der Waals surface area contributed by atoms with Crippen molar-refractivity contribution in [2.24, 2.45) is 10.9 Å². The number of nitriles is 1. The number of carbonyl (C=O) groups excluding carboxylic acids is 1. The van der Waals surface area contributed by atoms with Crippen molar-refractivity contribution in [3.05, 3.63) is 99.3 Å². The van der Waals surface area contributed by atoms with Gasteiger partial charge in [-0.1, -0.05) is 0 Å². The molecule has 2 aromatic rings. The molecule has 5 heteroatoms. The van der Waals surface area contributed by atoms with Crippen LogP contribution in [0.25, 0.3) is 5.57 Å². The topological polar surface area (TPSA) is 56.5 Å². The summed E-state index contributed by atoms with van der Waals surface area (Å²) in [6.07, 6.45) is 9.87. The van der Waals surface area contributed by atoms with E-state index in [1.165, 1.54) is 34.4 Å². The number of aryl methyl sites for hydroxylation is 1. The van der Waals surface area contributed by atoms with Crippen molar-refractivity contribution in [2.45, 2.75) is 50.1 Å². The van der Waals surface area contributed by atoms with Crippen molar-refractivity contribution in [3.63, 3.8) is 0 Å². The first-order chi connectivity index (χ1) is 17.2. The Hall–Kier alpha value is -3.19. The van der Waals surface area contributed by atoms with E-state index in [9.17, 15) is 10.1 Å². The van der Waals surface area contributed by atoms with Crippen LogP contribution in [0.4, 0.5) is 0 Å². The molecule has 5 aliphatic rings. The maximum absolute atomic E-state index is 13.0. The van der Waals surface area contributed by atoms with Gasteiger partial charge in [0.25, 0.3) is 0 Å². The Morgan fingerprint density at radius 3 is 2.71 bits per heavy atom. The summed E-state index contributed by atoms with van der Waals surface area (Å²) in [5.41, 5.74) is 8.31. The van der Waals surface area contributed by atoms with Gasteiger partial charge in [-0.05, 0) is 0 Å². The van der Waals surface area contributed by atoms with Crippen LogP contribution in [-0.2, 0) is 11.2 Å². The van der Waals surface area contributed by atoms with Crippen LogP contribution in [0.1, 0.15) is 54.7 Å². The van der Waals surface area contributed by atoms with Crippen LogP contribution >= 0.6 is 0 Å². The standard InChI is InChI=1S/C30H25N3OSe/c31-18-35-29-25(34)16-14-23-28(29)33-24-15-13-19-8-4-5-11-21(19)27(24)26(20-9-2-1-3-10-20)22-12-6-7-17-30(22,33)32-23/h1-5,8-11,14,16,22,26H,6-7,12-13,15,17H2. The fourth-order valence-electron chi connectivity index (χ4n) is 7.21. The van der Waals surface area contributed by atoms with Gasteiger partial charge in [0.15, 0.2) is 0 Å². The molecule has 2 heterocycles. The Morgan fingerprint density at radius 2 is 1.86 bits per heavy atom. The molecule has 1 fully saturated rings. The molecule has 1 saturated carbocycles. The molecule has 0 bridgehead atoms. The van der Waals surface area contributed by atoms with Crippen LogP contribution in [0.3, 0.4) is 0 Å². The summed E-state index contributed by atoms with van der Waals surface area (Å²) in [6.45, 7) is 0. The van der Waals surface area contributed by atoms with Crippen molar-refractivity contribution < 1.29 is 4.79 Å². The molecule has 0 aromatic heterocycles. The predicted molar refractivity (Wildman–Crippen MR) is 137 cm³/mol. The molecule has 0 N–H and O–H groups in total. The van der Waals surface area contributed by atoms with Gasteiger partial charge < -0.3 is 0 Å². The van der Waals surface area contributed by atoms with Gasteiger partial charge in [0.1, 0.15) is 0 Å². The molecular formula is C30H25N3OSe. The second-order valence-electron chi connectivity index (χ2n) is 10.0. The fourth-order valence-corrected chi connectivity index (χ4v) is 8.37. The molecule has 2 aliphatic heterocycles. The van der Waals surface area contributed by atoms with Crippen molar-refractivity contribution in [1.29, 1.82) is 5.26 Å². The first-order valence-corrected chi connectivity index (χ1v) is 14.2. The molecule has 1 spiro atoms. The number of carbonyl (C=O) groups is 1. The van der Waals surface area contributed by atoms with Crippen molar-refractivity contribution in [2.75, 3.05) is 0 Å². The van der Waals surface area contributed by atoms with Gasteiger partial charge in [0, 0.05) is 0 Å². The third-order valence-electron chi connectivity index (χ3n) is 8.44. The summed E-state index contributed by atoms with van der Waals surface area (Å²) in [5, 5.41) is 9.63. The molecule has 3 unspecified atom stereocenters. The maximum atomic E-state index is 13.0. The van der Waals surface area contributed by atoms with E-state index in [1.807, 2.05) is 6.08 Å². The summed E-state index contributed by atoms with van der Waals surface area (Å²) >= 11 is -0.531. The number of benzene rings is 2. The van der Waals surface area contributed by atoms with Gasteiger partial charge in [0.2, 0.25) is 0 Å². The summed E-state index contributed by atoms with van der Waals surface area (Å²) in [6, 6.07) is 19.8. The van der Waals surface area contributed by atoms with E-state index in [1.54, 1.807) is 6.08 Å². The Labute approximate surface area is 211 Å². The number of aliphatic imine (C=N–C) groups is 1. The van der Waals surface area contributed by atoms with Crippen LogP contribution in [0.5, 0.6) is 0 Å². The molecule has 3 atom stereocenters. The van der Waals surface area contributed by atoms with Crippen molar-refractivity contribution in [1.82, 2.24) is 4.90 Å². The average molecular weight is 523 g/mol. The van der Waals surface area contributed by atoms with Gasteiger partial charge in [-0.3, -0.25) is 0 Å². The third kappa shape index (κ3) is 2.91. The average Bonchev–Trinajstić information content (AvgIpc) is 3.23. The number of nitrogens with zero attached hydrogens (tertiary/aromatic N) is 3. The minimum atomic E-state index is -0.531. The van der Waals surface area contributed by atoms with E-state index in [-0.39, 0.29) is 17.4 Å². The number of fused-ring (bicyclic) bond motifs is 5. The van der Waals surface area contributed by atoms with E-state index in [0.717, 1.165) is 43.5 Å². The summed E-state index contributed by atoms with van der Waals surface area (Å²) in [4.78, 5) is 23.3. The molecule has 2 aromatic carbocycles. The second kappa shape index (κ2) is 7.92. The predicted octanol–water partition coefficient (Wildman–Crippen LogP) is 5.32. The van der Waals surface area contributed by atoms with Gasteiger partial charge in [-0.2, -0.15) is 0 Å². The van der Waals surface area contributed by atoms with E-state index >= 15 is 0 Å². The number of hydrogen-bond donors (Lipinski definition) is 0. The molecule has 0 saturated heterocycles. The second-order valence-corrected chi connectivity index (χ2v) is 11.7. The van der Waals surface area contributed by atoms with Gasteiger partial charge in [-0.25, -0.2) is 0 Å². The first-order valence-electron chi connectivity index (χ1n) is 12.5. The SMILES string of the molecule is N#C[Se]C1=C2C(=NC34CCCCC3C(c3ccccc3)C3=C(CCc5ccccc53)N24)C=CC1=O. The third-order valence-corrected chi connectivity index (χ3v) is 9.89. The summed E-state index contributed by atoms with van der Waals surface area (Å²) in [7, 11) is 0. The van der Waals surface area contributed by atoms with Gasteiger partial charge in [0.05, 0.1) is 0 Å². The first kappa shape index (κ1) is 21.1. The van der Waals surface area contributed by atoms with Crippen LogP contribution in [0, 0.1) is 16.1 Å². The summed E-state index contributed by atoms with van der Waals surface area (Å²) < 4.78 is 0.673. The molecule has 35 heavy (non-hydrogen) atoms. The zero-order chi connectivity index (χ0) is 23.6. The Balaban J connectivity index is 1.57. The molecular weight excluding hydrogens is 497 g/mol. The molecule has 0 amide bonds. The van der Waals surface area contributed by atoms with E-state index in [2.05, 4.69) is 64.5 Å². The molecule has 7 rings (SSSR count). The Kier molecular flexibility index (Phi) is 4.78. The van der Waals surface area contributed by atoms with Crippen LogP contribution in [-0.4, -0.2) is 37.0 Å². The normalized spacial score (nSPS) is 28.5. The van der Waals surface area contributed by atoms with E-state index < -0.39 is 15.0 Å². The zero-order valence-corrected chi connectivity index (χ0v) is 21.1. The molecule has 3 aliphatic carbocycles. The van der Waals surface area contributed by atoms with Crippen molar-refractivity contribution >= 4 is 32.0 Å². The van der Waals surface area contributed by atoms with Gasteiger partial charge >= 0.3 is 212 Å².